The molecule has 0 saturated heterocycles. The van der Waals surface area contributed by atoms with E-state index >= 15 is 0 Å². The molecule has 0 aliphatic rings. The molecular formula is C20H21ClFN3O3. The molecule has 28 heavy (non-hydrogen) atoms. The molecule has 0 saturated carbocycles. The number of carbonyl (C=O) groups excluding carboxylic acids is 2. The van der Waals surface area contributed by atoms with Crippen molar-refractivity contribution >= 4 is 23.4 Å². The molecule has 0 radical (unpaired) electrons. The van der Waals surface area contributed by atoms with Crippen LogP contribution in [0.1, 0.15) is 18.4 Å². The summed E-state index contributed by atoms with van der Waals surface area (Å²) in [5.41, 5.74) is 1.49. The van der Waals surface area contributed by atoms with E-state index < -0.39 is 11.7 Å². The number of aromatic nitrogens is 1. The molecule has 2 amide bonds. The van der Waals surface area contributed by atoms with Gasteiger partial charge in [-0.05, 0) is 42.7 Å². The van der Waals surface area contributed by atoms with Gasteiger partial charge in [-0.1, -0.05) is 18.2 Å². The number of hydrogen-bond donors (Lipinski definition) is 2. The molecule has 1 aromatic carbocycles. The van der Waals surface area contributed by atoms with Crippen molar-refractivity contribution in [1.29, 1.82) is 0 Å². The van der Waals surface area contributed by atoms with E-state index in [0.717, 1.165) is 11.6 Å². The zero-order valence-corrected chi connectivity index (χ0v) is 16.0. The predicted molar refractivity (Wildman–Crippen MR) is 104 cm³/mol. The Kier molecular flexibility index (Phi) is 8.42. The topological polar surface area (TPSA) is 80.3 Å². The van der Waals surface area contributed by atoms with Crippen LogP contribution in [0.5, 0.6) is 5.75 Å². The van der Waals surface area contributed by atoms with E-state index in [9.17, 15) is 14.0 Å². The van der Waals surface area contributed by atoms with Crippen LogP contribution >= 0.6 is 11.6 Å². The summed E-state index contributed by atoms with van der Waals surface area (Å²) >= 11 is 5.58. The maximum Gasteiger partial charge on any atom is 0.262 e. The maximum atomic E-state index is 13.3. The van der Waals surface area contributed by atoms with Crippen LogP contribution in [-0.2, 0) is 16.0 Å². The van der Waals surface area contributed by atoms with Gasteiger partial charge in [-0.25, -0.2) is 4.39 Å². The average molecular weight is 406 g/mol. The molecule has 0 unspecified atom stereocenters. The number of nitrogens with one attached hydrogen (secondary N) is 2. The monoisotopic (exact) mass is 405 g/mol. The van der Waals surface area contributed by atoms with E-state index in [-0.39, 0.29) is 29.7 Å². The second kappa shape index (κ2) is 11.0. The minimum absolute atomic E-state index is 0.0239. The fraction of sp³-hybridized carbons (Fsp3) is 0.250. The highest BCUT2D eigenvalue weighted by atomic mass is 35.5. The number of carbonyl (C=O) groups is 2. The van der Waals surface area contributed by atoms with Gasteiger partial charge in [-0.3, -0.25) is 14.6 Å². The Balaban J connectivity index is 1.61. The molecule has 2 N–H and O–H groups in total. The van der Waals surface area contributed by atoms with Gasteiger partial charge in [-0.15, -0.1) is 0 Å². The molecule has 148 valence electrons. The maximum absolute atomic E-state index is 13.3. The highest BCUT2D eigenvalue weighted by Gasteiger charge is 2.08. The van der Waals surface area contributed by atoms with Crippen LogP contribution in [0.15, 0.2) is 55.0 Å². The highest BCUT2D eigenvalue weighted by molar-refractivity contribution is 6.30. The number of ether oxygens (including phenoxy) is 1. The summed E-state index contributed by atoms with van der Waals surface area (Å²) in [5.74, 6) is -1.01. The molecule has 0 spiro atoms. The Hall–Kier alpha value is -2.93. The molecule has 1 aromatic heterocycles. The SMILES string of the molecule is C=C(CCC(=O)NCCc1ccncc1)NC(=O)COc1ccc(Cl)c(F)c1. The fourth-order valence-electron chi connectivity index (χ4n) is 2.26. The van der Waals surface area contributed by atoms with Crippen LogP contribution in [0, 0.1) is 5.82 Å². The lowest BCUT2D eigenvalue weighted by Crippen LogP contribution is -2.29. The molecule has 6 nitrogen and oxygen atoms in total. The van der Waals surface area contributed by atoms with Gasteiger partial charge in [-0.2, -0.15) is 0 Å². The zero-order chi connectivity index (χ0) is 20.4. The van der Waals surface area contributed by atoms with Gasteiger partial charge < -0.3 is 15.4 Å². The van der Waals surface area contributed by atoms with Gasteiger partial charge in [0.05, 0.1) is 5.02 Å². The Morgan fingerprint density at radius 1 is 1.14 bits per heavy atom. The summed E-state index contributed by atoms with van der Waals surface area (Å²) in [4.78, 5) is 27.6. The molecule has 8 heteroatoms. The number of amides is 2. The summed E-state index contributed by atoms with van der Waals surface area (Å²) in [6, 6.07) is 7.69. The average Bonchev–Trinajstić information content (AvgIpc) is 2.68. The van der Waals surface area contributed by atoms with Crippen molar-refractivity contribution in [2.75, 3.05) is 13.2 Å². The predicted octanol–water partition coefficient (Wildman–Crippen LogP) is 3.02. The van der Waals surface area contributed by atoms with Crippen molar-refractivity contribution < 1.29 is 18.7 Å². The standard InChI is InChI=1S/C20H21ClFN3O3/c1-14(2-5-19(26)24-11-8-15-6-9-23-10-7-15)25-20(27)13-28-16-3-4-17(21)18(22)12-16/h3-4,6-7,9-10,12H,1-2,5,8,11,13H2,(H,24,26)(H,25,27). The lowest BCUT2D eigenvalue weighted by Gasteiger charge is -2.10. The minimum atomic E-state index is -0.626. The summed E-state index contributed by atoms with van der Waals surface area (Å²) in [6.07, 6.45) is 4.64. The lowest BCUT2D eigenvalue weighted by atomic mass is 10.2. The normalized spacial score (nSPS) is 10.2. The van der Waals surface area contributed by atoms with Crippen LogP contribution in [0.25, 0.3) is 0 Å². The zero-order valence-electron chi connectivity index (χ0n) is 15.2. The summed E-state index contributed by atoms with van der Waals surface area (Å²) in [5, 5.41) is 5.34. The number of allylic oxidation sites excluding steroid dienone is 1. The van der Waals surface area contributed by atoms with Gasteiger partial charge in [0.1, 0.15) is 11.6 Å². The van der Waals surface area contributed by atoms with E-state index in [4.69, 9.17) is 16.3 Å². The highest BCUT2D eigenvalue weighted by Crippen LogP contribution is 2.20. The number of benzene rings is 1. The van der Waals surface area contributed by atoms with E-state index in [0.29, 0.717) is 25.1 Å². The van der Waals surface area contributed by atoms with E-state index in [2.05, 4.69) is 22.2 Å². The van der Waals surface area contributed by atoms with Crippen molar-refractivity contribution in [3.8, 4) is 5.75 Å². The second-order valence-corrected chi connectivity index (χ2v) is 6.38. The third-order valence-electron chi connectivity index (χ3n) is 3.72. The molecule has 0 aliphatic carbocycles. The van der Waals surface area contributed by atoms with Crippen LogP contribution in [0.3, 0.4) is 0 Å². The fourth-order valence-corrected chi connectivity index (χ4v) is 2.38. The van der Waals surface area contributed by atoms with Crippen molar-refractivity contribution in [3.05, 3.63) is 71.4 Å². The van der Waals surface area contributed by atoms with Gasteiger partial charge in [0.2, 0.25) is 5.91 Å². The smallest absolute Gasteiger partial charge is 0.262 e. The Labute approximate surface area is 167 Å². The quantitative estimate of drug-likeness (QED) is 0.636. The molecular weight excluding hydrogens is 385 g/mol. The first-order chi connectivity index (χ1) is 13.4. The van der Waals surface area contributed by atoms with Crippen molar-refractivity contribution in [1.82, 2.24) is 15.6 Å². The number of halogens is 2. The molecule has 1 heterocycles. The van der Waals surface area contributed by atoms with E-state index in [1.165, 1.54) is 12.1 Å². The first kappa shape index (κ1) is 21.4. The van der Waals surface area contributed by atoms with Gasteiger partial charge in [0, 0.05) is 37.1 Å². The Morgan fingerprint density at radius 2 is 1.89 bits per heavy atom. The van der Waals surface area contributed by atoms with Crippen molar-refractivity contribution in [2.24, 2.45) is 0 Å². The lowest BCUT2D eigenvalue weighted by molar-refractivity contribution is -0.123. The molecule has 0 fully saturated rings. The second-order valence-electron chi connectivity index (χ2n) is 5.97. The summed E-state index contributed by atoms with van der Waals surface area (Å²) in [6.45, 7) is 3.94. The van der Waals surface area contributed by atoms with E-state index in [1.54, 1.807) is 12.4 Å². The number of hydrogen-bond acceptors (Lipinski definition) is 4. The van der Waals surface area contributed by atoms with Crippen LogP contribution in [0.4, 0.5) is 4.39 Å². The number of rotatable bonds is 10. The van der Waals surface area contributed by atoms with Gasteiger partial charge in [0.15, 0.2) is 6.61 Å². The summed E-state index contributed by atoms with van der Waals surface area (Å²) in [7, 11) is 0. The third-order valence-corrected chi connectivity index (χ3v) is 4.02. The van der Waals surface area contributed by atoms with Crippen LogP contribution in [0.2, 0.25) is 5.02 Å². The minimum Gasteiger partial charge on any atom is -0.484 e. The third kappa shape index (κ3) is 7.75. The molecule has 0 aliphatic heterocycles. The van der Waals surface area contributed by atoms with Crippen LogP contribution in [-0.4, -0.2) is 29.9 Å². The van der Waals surface area contributed by atoms with Crippen LogP contribution < -0.4 is 15.4 Å². The van der Waals surface area contributed by atoms with Gasteiger partial charge >= 0.3 is 0 Å². The molecule has 0 bridgehead atoms. The Morgan fingerprint density at radius 3 is 2.61 bits per heavy atom. The molecule has 0 atom stereocenters. The number of nitrogens with zero attached hydrogens (tertiary/aromatic N) is 1. The first-order valence-electron chi connectivity index (χ1n) is 8.65. The van der Waals surface area contributed by atoms with E-state index in [1.807, 2.05) is 12.1 Å². The van der Waals surface area contributed by atoms with Crippen molar-refractivity contribution in [2.45, 2.75) is 19.3 Å². The van der Waals surface area contributed by atoms with Crippen molar-refractivity contribution in [3.63, 3.8) is 0 Å². The first-order valence-corrected chi connectivity index (χ1v) is 9.03. The Bertz CT molecular complexity index is 831. The largest absolute Gasteiger partial charge is 0.484 e. The summed E-state index contributed by atoms with van der Waals surface area (Å²) < 4.78 is 18.5. The number of pyridine rings is 1. The molecule has 2 aromatic rings. The molecule has 2 rings (SSSR count). The van der Waals surface area contributed by atoms with Gasteiger partial charge in [0.25, 0.3) is 5.91 Å².